The van der Waals surface area contributed by atoms with Gasteiger partial charge in [0.1, 0.15) is 11.8 Å². The van der Waals surface area contributed by atoms with Crippen molar-refractivity contribution < 1.29 is 4.74 Å². The Kier molecular flexibility index (Phi) is 3.11. The molecule has 2 aromatic rings. The van der Waals surface area contributed by atoms with Crippen molar-refractivity contribution in [2.75, 3.05) is 7.11 Å². The van der Waals surface area contributed by atoms with Crippen LogP contribution in [0.2, 0.25) is 0 Å². The summed E-state index contributed by atoms with van der Waals surface area (Å²) in [6.07, 6.45) is 0. The lowest BCUT2D eigenvalue weighted by molar-refractivity contribution is 0.410. The molecule has 0 spiro atoms. The van der Waals surface area contributed by atoms with Crippen LogP contribution in [0.25, 0.3) is 11.1 Å². The molecule has 2 rings (SSSR count). The molecule has 0 radical (unpaired) electrons. The van der Waals surface area contributed by atoms with Gasteiger partial charge in [0.2, 0.25) is 0 Å². The molecule has 0 atom stereocenters. The Morgan fingerprint density at radius 3 is 2.35 bits per heavy atom. The fourth-order valence-corrected chi connectivity index (χ4v) is 1.97. The van der Waals surface area contributed by atoms with E-state index < -0.39 is 0 Å². The van der Waals surface area contributed by atoms with Gasteiger partial charge in [-0.3, -0.25) is 0 Å². The smallest absolute Gasteiger partial charge is 0.140 e. The van der Waals surface area contributed by atoms with Crippen LogP contribution >= 0.6 is 0 Å². The van der Waals surface area contributed by atoms with E-state index in [1.807, 2.05) is 43.3 Å². The third-order valence-electron chi connectivity index (χ3n) is 2.82. The Balaban J connectivity index is 2.63. The second-order valence-electron chi connectivity index (χ2n) is 3.80. The molecule has 84 valence electrons. The van der Waals surface area contributed by atoms with Crippen LogP contribution in [0.5, 0.6) is 5.75 Å². The molecule has 0 unspecified atom stereocenters. The van der Waals surface area contributed by atoms with Crippen LogP contribution in [0.1, 0.15) is 11.1 Å². The van der Waals surface area contributed by atoms with Gasteiger partial charge in [0.05, 0.1) is 12.7 Å². The van der Waals surface area contributed by atoms with E-state index in [9.17, 15) is 0 Å². The highest BCUT2D eigenvalue weighted by Crippen LogP contribution is 2.32. The van der Waals surface area contributed by atoms with Crippen LogP contribution in [0.3, 0.4) is 0 Å². The van der Waals surface area contributed by atoms with Crippen LogP contribution in [-0.2, 0) is 0 Å². The topological polar surface area (TPSA) is 33.0 Å². The van der Waals surface area contributed by atoms with Gasteiger partial charge in [0.15, 0.2) is 0 Å². The van der Waals surface area contributed by atoms with E-state index >= 15 is 0 Å². The predicted molar refractivity (Wildman–Crippen MR) is 67.9 cm³/mol. The second-order valence-corrected chi connectivity index (χ2v) is 3.80. The lowest BCUT2D eigenvalue weighted by atomic mass is 9.97. The molecule has 0 N–H and O–H groups in total. The third-order valence-corrected chi connectivity index (χ3v) is 2.82. The van der Waals surface area contributed by atoms with Crippen molar-refractivity contribution in [3.05, 3.63) is 53.6 Å². The summed E-state index contributed by atoms with van der Waals surface area (Å²) in [5, 5.41) is 9.01. The first-order valence-corrected chi connectivity index (χ1v) is 5.41. The maximum absolute atomic E-state index is 9.01. The van der Waals surface area contributed by atoms with E-state index in [-0.39, 0.29) is 0 Å². The van der Waals surface area contributed by atoms with Crippen molar-refractivity contribution in [3.8, 4) is 22.9 Å². The van der Waals surface area contributed by atoms with Gasteiger partial charge in [-0.15, -0.1) is 0 Å². The highest BCUT2D eigenvalue weighted by atomic mass is 16.5. The Bertz CT molecular complexity index is 567. The van der Waals surface area contributed by atoms with E-state index in [1.54, 1.807) is 13.2 Å². The normalized spacial score (nSPS) is 9.71. The summed E-state index contributed by atoms with van der Waals surface area (Å²) in [7, 11) is 1.60. The highest BCUT2D eigenvalue weighted by Gasteiger charge is 2.11. The van der Waals surface area contributed by atoms with Crippen molar-refractivity contribution in [3.63, 3.8) is 0 Å². The number of nitrogens with zero attached hydrogens (tertiary/aromatic N) is 1. The molecule has 0 amide bonds. The van der Waals surface area contributed by atoms with Crippen LogP contribution in [-0.4, -0.2) is 7.11 Å². The summed E-state index contributed by atoms with van der Waals surface area (Å²) in [6.45, 7) is 1.97. The summed E-state index contributed by atoms with van der Waals surface area (Å²) in [6, 6.07) is 16.0. The van der Waals surface area contributed by atoms with E-state index in [0.717, 1.165) is 16.7 Å². The molecule has 2 aromatic carbocycles. The van der Waals surface area contributed by atoms with Crippen molar-refractivity contribution >= 4 is 0 Å². The number of benzene rings is 2. The van der Waals surface area contributed by atoms with Crippen molar-refractivity contribution in [2.45, 2.75) is 6.92 Å². The minimum absolute atomic E-state index is 0.574. The molecule has 0 saturated carbocycles. The molecule has 0 fully saturated rings. The SMILES string of the molecule is COc1c(C#N)ccc(-c2ccccc2)c1C. The number of methoxy groups -OCH3 is 1. The monoisotopic (exact) mass is 223 g/mol. The minimum Gasteiger partial charge on any atom is -0.495 e. The zero-order valence-corrected chi connectivity index (χ0v) is 9.90. The largest absolute Gasteiger partial charge is 0.495 e. The van der Waals surface area contributed by atoms with Gasteiger partial charge in [-0.1, -0.05) is 36.4 Å². The highest BCUT2D eigenvalue weighted by molar-refractivity contribution is 5.72. The summed E-state index contributed by atoms with van der Waals surface area (Å²) in [5.74, 6) is 0.661. The van der Waals surface area contributed by atoms with Gasteiger partial charge >= 0.3 is 0 Å². The molecule has 0 aromatic heterocycles. The molecular weight excluding hydrogens is 210 g/mol. The Morgan fingerprint density at radius 2 is 1.76 bits per heavy atom. The van der Waals surface area contributed by atoms with Crippen molar-refractivity contribution in [1.82, 2.24) is 0 Å². The summed E-state index contributed by atoms with van der Waals surface area (Å²) in [4.78, 5) is 0. The first-order valence-electron chi connectivity index (χ1n) is 5.41. The average Bonchev–Trinajstić information content (AvgIpc) is 2.39. The van der Waals surface area contributed by atoms with Gasteiger partial charge in [-0.25, -0.2) is 0 Å². The van der Waals surface area contributed by atoms with E-state index in [1.165, 1.54) is 0 Å². The van der Waals surface area contributed by atoms with Crippen LogP contribution in [0.4, 0.5) is 0 Å². The molecule has 17 heavy (non-hydrogen) atoms. The van der Waals surface area contributed by atoms with Gasteiger partial charge in [-0.2, -0.15) is 5.26 Å². The molecule has 0 saturated heterocycles. The Morgan fingerprint density at radius 1 is 1.06 bits per heavy atom. The molecule has 0 bridgehead atoms. The van der Waals surface area contributed by atoms with Crippen LogP contribution < -0.4 is 4.74 Å². The Hall–Kier alpha value is -2.27. The van der Waals surface area contributed by atoms with Gasteiger partial charge in [0.25, 0.3) is 0 Å². The predicted octanol–water partition coefficient (Wildman–Crippen LogP) is 3.54. The molecule has 2 heteroatoms. The van der Waals surface area contributed by atoms with Gasteiger partial charge in [0, 0.05) is 5.56 Å². The molecular formula is C15H13NO. The molecule has 2 nitrogen and oxygen atoms in total. The maximum atomic E-state index is 9.01. The molecule has 0 aliphatic carbocycles. The quantitative estimate of drug-likeness (QED) is 0.780. The number of rotatable bonds is 2. The fraction of sp³-hybridized carbons (Fsp3) is 0.133. The summed E-state index contributed by atoms with van der Waals surface area (Å²) < 4.78 is 5.31. The van der Waals surface area contributed by atoms with E-state index in [0.29, 0.717) is 11.3 Å². The maximum Gasteiger partial charge on any atom is 0.140 e. The Labute approximate surface area is 101 Å². The standard InChI is InChI=1S/C15H13NO/c1-11-14(12-6-4-3-5-7-12)9-8-13(10-16)15(11)17-2/h3-9H,1-2H3. The zero-order valence-electron chi connectivity index (χ0n) is 9.90. The fourth-order valence-electron chi connectivity index (χ4n) is 1.97. The van der Waals surface area contributed by atoms with Crippen LogP contribution in [0.15, 0.2) is 42.5 Å². The van der Waals surface area contributed by atoms with Crippen LogP contribution in [0, 0.1) is 18.3 Å². The third kappa shape index (κ3) is 2.00. The number of nitriles is 1. The summed E-state index contributed by atoms with van der Waals surface area (Å²) in [5.41, 5.74) is 3.80. The minimum atomic E-state index is 0.574. The van der Waals surface area contributed by atoms with Gasteiger partial charge in [-0.05, 0) is 24.1 Å². The molecule has 0 aliphatic rings. The van der Waals surface area contributed by atoms with E-state index in [2.05, 4.69) is 6.07 Å². The first kappa shape index (κ1) is 11.2. The zero-order chi connectivity index (χ0) is 12.3. The lowest BCUT2D eigenvalue weighted by Gasteiger charge is -2.12. The molecule has 0 aliphatic heterocycles. The molecule has 0 heterocycles. The number of hydrogen-bond acceptors (Lipinski definition) is 2. The average molecular weight is 223 g/mol. The number of ether oxygens (including phenoxy) is 1. The first-order chi connectivity index (χ1) is 8.27. The second kappa shape index (κ2) is 4.71. The van der Waals surface area contributed by atoms with Crippen molar-refractivity contribution in [2.24, 2.45) is 0 Å². The number of hydrogen-bond donors (Lipinski definition) is 0. The van der Waals surface area contributed by atoms with Gasteiger partial charge < -0.3 is 4.74 Å². The lowest BCUT2D eigenvalue weighted by Crippen LogP contribution is -1.94. The van der Waals surface area contributed by atoms with E-state index in [4.69, 9.17) is 10.00 Å². The summed E-state index contributed by atoms with van der Waals surface area (Å²) >= 11 is 0. The van der Waals surface area contributed by atoms with Crippen molar-refractivity contribution in [1.29, 1.82) is 5.26 Å².